The summed E-state index contributed by atoms with van der Waals surface area (Å²) in [6.45, 7) is 0.318. The Morgan fingerprint density at radius 1 is 1.14 bits per heavy atom. The Bertz CT molecular complexity index is 496. The number of para-hydroxylation sites is 1. The van der Waals surface area contributed by atoms with Crippen LogP contribution in [-0.2, 0) is 16.0 Å². The number of anilines is 1. The van der Waals surface area contributed by atoms with E-state index in [9.17, 15) is 9.59 Å². The van der Waals surface area contributed by atoms with E-state index in [-0.39, 0.29) is 18.2 Å². The zero-order valence-corrected chi connectivity index (χ0v) is 12.4. The van der Waals surface area contributed by atoms with E-state index in [0.717, 1.165) is 18.4 Å². The molecule has 0 radical (unpaired) electrons. The number of likely N-dealkylation sites (N-methyl/N-ethyl adjacent to an activating group) is 1. The first-order chi connectivity index (χ1) is 10.2. The zero-order valence-electron chi connectivity index (χ0n) is 12.4. The maximum absolute atomic E-state index is 12.0. The van der Waals surface area contributed by atoms with Gasteiger partial charge in [-0.2, -0.15) is 0 Å². The van der Waals surface area contributed by atoms with Gasteiger partial charge in [0.25, 0.3) is 0 Å². The molecule has 114 valence electrons. The minimum absolute atomic E-state index is 0.0637. The average Bonchev–Trinajstić information content (AvgIpc) is 3.00. The van der Waals surface area contributed by atoms with Crippen LogP contribution in [0.3, 0.4) is 0 Å². The van der Waals surface area contributed by atoms with Crippen molar-refractivity contribution in [1.82, 2.24) is 10.6 Å². The molecule has 1 aromatic carbocycles. The normalized spacial score (nSPS) is 14.9. The molecule has 5 nitrogen and oxygen atoms in total. The third kappa shape index (κ3) is 4.86. The SMILES string of the molecule is CNC(=O)Cc1ccccc1NC(=O)CNC1CCCC1. The Labute approximate surface area is 125 Å². The highest BCUT2D eigenvalue weighted by Gasteiger charge is 2.15. The fourth-order valence-electron chi connectivity index (χ4n) is 2.62. The van der Waals surface area contributed by atoms with Crippen LogP contribution in [0.1, 0.15) is 31.2 Å². The molecule has 5 heteroatoms. The van der Waals surface area contributed by atoms with Crippen molar-refractivity contribution >= 4 is 17.5 Å². The Kier molecular flexibility index (Phi) is 5.75. The van der Waals surface area contributed by atoms with Gasteiger partial charge in [-0.15, -0.1) is 0 Å². The molecule has 0 atom stereocenters. The van der Waals surface area contributed by atoms with Crippen molar-refractivity contribution < 1.29 is 9.59 Å². The number of benzene rings is 1. The second-order valence-corrected chi connectivity index (χ2v) is 5.42. The molecule has 0 bridgehead atoms. The third-order valence-electron chi connectivity index (χ3n) is 3.83. The highest BCUT2D eigenvalue weighted by Crippen LogP contribution is 2.18. The second-order valence-electron chi connectivity index (χ2n) is 5.42. The van der Waals surface area contributed by atoms with E-state index in [1.54, 1.807) is 7.05 Å². The van der Waals surface area contributed by atoms with Gasteiger partial charge in [-0.05, 0) is 24.5 Å². The van der Waals surface area contributed by atoms with E-state index in [1.165, 1.54) is 12.8 Å². The molecule has 0 aromatic heterocycles. The van der Waals surface area contributed by atoms with Crippen LogP contribution >= 0.6 is 0 Å². The Morgan fingerprint density at radius 2 is 1.86 bits per heavy atom. The first-order valence-electron chi connectivity index (χ1n) is 7.50. The molecule has 0 aliphatic heterocycles. The number of rotatable bonds is 6. The molecular formula is C16H23N3O2. The molecule has 0 heterocycles. The molecule has 1 fully saturated rings. The third-order valence-corrected chi connectivity index (χ3v) is 3.83. The molecule has 0 unspecified atom stereocenters. The van der Waals surface area contributed by atoms with Gasteiger partial charge in [0.2, 0.25) is 11.8 Å². The number of carbonyl (C=O) groups is 2. The van der Waals surface area contributed by atoms with Gasteiger partial charge in [0.15, 0.2) is 0 Å². The molecule has 21 heavy (non-hydrogen) atoms. The minimum Gasteiger partial charge on any atom is -0.359 e. The summed E-state index contributed by atoms with van der Waals surface area (Å²) in [6, 6.07) is 7.87. The van der Waals surface area contributed by atoms with Gasteiger partial charge in [-0.25, -0.2) is 0 Å². The maximum Gasteiger partial charge on any atom is 0.238 e. The van der Waals surface area contributed by atoms with Gasteiger partial charge in [-0.3, -0.25) is 9.59 Å². The first kappa shape index (κ1) is 15.5. The number of hydrogen-bond donors (Lipinski definition) is 3. The van der Waals surface area contributed by atoms with Crippen molar-refractivity contribution in [3.8, 4) is 0 Å². The summed E-state index contributed by atoms with van der Waals surface area (Å²) >= 11 is 0. The topological polar surface area (TPSA) is 70.2 Å². The number of carbonyl (C=O) groups excluding carboxylic acids is 2. The smallest absolute Gasteiger partial charge is 0.238 e. The summed E-state index contributed by atoms with van der Waals surface area (Å²) in [7, 11) is 1.61. The van der Waals surface area contributed by atoms with Crippen molar-refractivity contribution in [2.75, 3.05) is 18.9 Å². The van der Waals surface area contributed by atoms with Crippen LogP contribution in [0.25, 0.3) is 0 Å². The first-order valence-corrected chi connectivity index (χ1v) is 7.50. The molecule has 3 N–H and O–H groups in total. The number of hydrogen-bond acceptors (Lipinski definition) is 3. The fourth-order valence-corrected chi connectivity index (χ4v) is 2.62. The van der Waals surface area contributed by atoms with Crippen molar-refractivity contribution in [3.63, 3.8) is 0 Å². The van der Waals surface area contributed by atoms with Gasteiger partial charge in [0, 0.05) is 18.8 Å². The highest BCUT2D eigenvalue weighted by atomic mass is 16.2. The lowest BCUT2D eigenvalue weighted by molar-refractivity contribution is -0.120. The summed E-state index contributed by atoms with van der Waals surface area (Å²) in [5.74, 6) is -0.132. The Balaban J connectivity index is 1.88. The molecule has 2 amide bonds. The lowest BCUT2D eigenvalue weighted by Crippen LogP contribution is -2.34. The summed E-state index contributed by atoms with van der Waals surface area (Å²) in [4.78, 5) is 23.5. The average molecular weight is 289 g/mol. The summed E-state index contributed by atoms with van der Waals surface area (Å²) in [5, 5.41) is 8.76. The minimum atomic E-state index is -0.0687. The van der Waals surface area contributed by atoms with E-state index < -0.39 is 0 Å². The van der Waals surface area contributed by atoms with Crippen molar-refractivity contribution in [2.24, 2.45) is 0 Å². The van der Waals surface area contributed by atoms with E-state index >= 15 is 0 Å². The number of nitrogens with one attached hydrogen (secondary N) is 3. The van der Waals surface area contributed by atoms with E-state index in [2.05, 4.69) is 16.0 Å². The molecule has 1 aliphatic rings. The van der Waals surface area contributed by atoms with Gasteiger partial charge in [0.05, 0.1) is 13.0 Å². The molecule has 1 aromatic rings. The maximum atomic E-state index is 12.0. The Hall–Kier alpha value is -1.88. The molecular weight excluding hydrogens is 266 g/mol. The fraction of sp³-hybridized carbons (Fsp3) is 0.500. The summed E-state index contributed by atoms with van der Waals surface area (Å²) in [5.41, 5.74) is 1.53. The monoisotopic (exact) mass is 289 g/mol. The molecule has 0 saturated heterocycles. The van der Waals surface area contributed by atoms with Gasteiger partial charge in [-0.1, -0.05) is 31.0 Å². The van der Waals surface area contributed by atoms with E-state index in [0.29, 0.717) is 18.3 Å². The van der Waals surface area contributed by atoms with Crippen LogP contribution in [0.2, 0.25) is 0 Å². The largest absolute Gasteiger partial charge is 0.359 e. The molecule has 1 aliphatic carbocycles. The highest BCUT2D eigenvalue weighted by molar-refractivity contribution is 5.94. The lowest BCUT2D eigenvalue weighted by atomic mass is 10.1. The second kappa shape index (κ2) is 7.78. The van der Waals surface area contributed by atoms with Gasteiger partial charge >= 0.3 is 0 Å². The summed E-state index contributed by atoms with van der Waals surface area (Å²) < 4.78 is 0. The van der Waals surface area contributed by atoms with Crippen LogP contribution in [0.15, 0.2) is 24.3 Å². The predicted octanol–water partition coefficient (Wildman–Crippen LogP) is 1.45. The summed E-state index contributed by atoms with van der Waals surface area (Å²) in [6.07, 6.45) is 5.06. The standard InChI is InChI=1S/C16H23N3O2/c1-17-15(20)10-12-6-2-5-9-14(12)19-16(21)11-18-13-7-3-4-8-13/h2,5-6,9,13,18H,3-4,7-8,10-11H2,1H3,(H,17,20)(H,19,21). The predicted molar refractivity (Wildman–Crippen MR) is 83.1 cm³/mol. The molecule has 2 rings (SSSR count). The Morgan fingerprint density at radius 3 is 2.57 bits per heavy atom. The lowest BCUT2D eigenvalue weighted by Gasteiger charge is -2.13. The van der Waals surface area contributed by atoms with Crippen LogP contribution in [0.5, 0.6) is 0 Å². The quantitative estimate of drug-likeness (QED) is 0.742. The van der Waals surface area contributed by atoms with Crippen molar-refractivity contribution in [1.29, 1.82) is 0 Å². The van der Waals surface area contributed by atoms with Crippen LogP contribution in [0.4, 0.5) is 5.69 Å². The van der Waals surface area contributed by atoms with Crippen molar-refractivity contribution in [3.05, 3.63) is 29.8 Å². The van der Waals surface area contributed by atoms with Gasteiger partial charge < -0.3 is 16.0 Å². The van der Waals surface area contributed by atoms with Crippen LogP contribution in [-0.4, -0.2) is 31.4 Å². The van der Waals surface area contributed by atoms with Crippen molar-refractivity contribution in [2.45, 2.75) is 38.1 Å². The van der Waals surface area contributed by atoms with Crippen LogP contribution in [0, 0.1) is 0 Å². The molecule has 0 spiro atoms. The van der Waals surface area contributed by atoms with Gasteiger partial charge in [0.1, 0.15) is 0 Å². The number of amides is 2. The van der Waals surface area contributed by atoms with E-state index in [4.69, 9.17) is 0 Å². The van der Waals surface area contributed by atoms with E-state index in [1.807, 2.05) is 24.3 Å². The molecule has 1 saturated carbocycles. The van der Waals surface area contributed by atoms with Crippen LogP contribution < -0.4 is 16.0 Å². The zero-order chi connectivity index (χ0) is 15.1.